The van der Waals surface area contributed by atoms with Crippen molar-refractivity contribution in [2.24, 2.45) is 5.92 Å². The van der Waals surface area contributed by atoms with E-state index in [1.165, 1.54) is 19.1 Å². The maximum atomic E-state index is 12.6. The molecule has 122 valence electrons. The number of benzene rings is 1. The van der Waals surface area contributed by atoms with Crippen LogP contribution < -0.4 is 4.74 Å². The third kappa shape index (κ3) is 3.59. The molecule has 0 spiro atoms. The monoisotopic (exact) mass is 316 g/mol. The Kier molecular flexibility index (Phi) is 5.16. The van der Waals surface area contributed by atoms with Crippen molar-refractivity contribution >= 4 is 22.6 Å². The molecule has 1 amide bonds. The lowest BCUT2D eigenvalue weighted by molar-refractivity contribution is -0.145. The SMILES string of the molecule is COC(=O)[C@@H](C)CN(C)C(=O)c1cc2ccccc2c(OC)n1. The van der Waals surface area contributed by atoms with Gasteiger partial charge in [0.15, 0.2) is 0 Å². The van der Waals surface area contributed by atoms with E-state index >= 15 is 0 Å². The Labute approximate surface area is 135 Å². The van der Waals surface area contributed by atoms with Crippen molar-refractivity contribution < 1.29 is 19.1 Å². The van der Waals surface area contributed by atoms with Crippen LogP contribution in [0, 0.1) is 5.92 Å². The van der Waals surface area contributed by atoms with E-state index in [2.05, 4.69) is 9.72 Å². The van der Waals surface area contributed by atoms with Crippen LogP contribution in [0.2, 0.25) is 0 Å². The molecule has 2 rings (SSSR count). The minimum Gasteiger partial charge on any atom is -0.481 e. The van der Waals surface area contributed by atoms with E-state index in [4.69, 9.17) is 4.74 Å². The largest absolute Gasteiger partial charge is 0.481 e. The Morgan fingerprint density at radius 3 is 2.61 bits per heavy atom. The van der Waals surface area contributed by atoms with E-state index in [1.807, 2.05) is 24.3 Å². The molecule has 2 aromatic rings. The summed E-state index contributed by atoms with van der Waals surface area (Å²) in [5, 5.41) is 1.72. The molecule has 1 aromatic heterocycles. The lowest BCUT2D eigenvalue weighted by Gasteiger charge is -2.20. The minimum atomic E-state index is -0.406. The Bertz CT molecular complexity index is 730. The fourth-order valence-corrected chi connectivity index (χ4v) is 2.40. The van der Waals surface area contributed by atoms with Crippen molar-refractivity contribution in [3.8, 4) is 5.88 Å². The summed E-state index contributed by atoms with van der Waals surface area (Å²) in [7, 11) is 4.48. The van der Waals surface area contributed by atoms with Crippen molar-refractivity contribution in [3.05, 3.63) is 36.0 Å². The quantitative estimate of drug-likeness (QED) is 0.790. The average molecular weight is 316 g/mol. The molecule has 23 heavy (non-hydrogen) atoms. The number of nitrogens with zero attached hydrogens (tertiary/aromatic N) is 2. The maximum Gasteiger partial charge on any atom is 0.310 e. The summed E-state index contributed by atoms with van der Waals surface area (Å²) in [4.78, 5) is 29.8. The van der Waals surface area contributed by atoms with Gasteiger partial charge in [0.2, 0.25) is 5.88 Å². The number of amides is 1. The molecule has 0 unspecified atom stereocenters. The van der Waals surface area contributed by atoms with Gasteiger partial charge in [-0.05, 0) is 17.5 Å². The first-order valence-electron chi connectivity index (χ1n) is 7.25. The number of carbonyl (C=O) groups excluding carboxylic acids is 2. The molecule has 0 fully saturated rings. The summed E-state index contributed by atoms with van der Waals surface area (Å²) >= 11 is 0. The highest BCUT2D eigenvalue weighted by molar-refractivity contribution is 5.98. The molecule has 0 radical (unpaired) electrons. The van der Waals surface area contributed by atoms with Crippen LogP contribution in [0.5, 0.6) is 5.88 Å². The van der Waals surface area contributed by atoms with Gasteiger partial charge in [0.25, 0.3) is 5.91 Å². The van der Waals surface area contributed by atoms with Gasteiger partial charge in [-0.2, -0.15) is 0 Å². The highest BCUT2D eigenvalue weighted by atomic mass is 16.5. The normalized spacial score (nSPS) is 11.8. The third-order valence-corrected chi connectivity index (χ3v) is 3.62. The summed E-state index contributed by atoms with van der Waals surface area (Å²) in [6.07, 6.45) is 0. The van der Waals surface area contributed by atoms with Gasteiger partial charge in [0, 0.05) is 19.0 Å². The van der Waals surface area contributed by atoms with Gasteiger partial charge in [-0.1, -0.05) is 25.1 Å². The van der Waals surface area contributed by atoms with Crippen LogP contribution in [0.1, 0.15) is 17.4 Å². The Morgan fingerprint density at radius 1 is 1.26 bits per heavy atom. The Balaban J connectivity index is 2.28. The van der Waals surface area contributed by atoms with Gasteiger partial charge < -0.3 is 14.4 Å². The van der Waals surface area contributed by atoms with E-state index in [-0.39, 0.29) is 24.1 Å². The fourth-order valence-electron chi connectivity index (χ4n) is 2.40. The van der Waals surface area contributed by atoms with Crippen LogP contribution >= 0.6 is 0 Å². The van der Waals surface area contributed by atoms with Crippen molar-refractivity contribution in [1.29, 1.82) is 0 Å². The molecular formula is C17H20N2O4. The number of rotatable bonds is 5. The Hall–Kier alpha value is -2.63. The number of hydrogen-bond donors (Lipinski definition) is 0. The van der Waals surface area contributed by atoms with E-state index in [1.54, 1.807) is 20.0 Å². The third-order valence-electron chi connectivity index (χ3n) is 3.62. The predicted octanol–water partition coefficient (Wildman–Crippen LogP) is 2.12. The first-order valence-corrected chi connectivity index (χ1v) is 7.25. The fraction of sp³-hybridized carbons (Fsp3) is 0.353. The van der Waals surface area contributed by atoms with E-state index in [0.717, 1.165) is 10.8 Å². The summed E-state index contributed by atoms with van der Waals surface area (Å²) in [6, 6.07) is 9.28. The molecule has 0 aliphatic carbocycles. The lowest BCUT2D eigenvalue weighted by Crippen LogP contribution is -2.34. The molecular weight excluding hydrogens is 296 g/mol. The zero-order valence-corrected chi connectivity index (χ0v) is 13.7. The van der Waals surface area contributed by atoms with Crippen LogP contribution in [-0.2, 0) is 9.53 Å². The number of aromatic nitrogens is 1. The lowest BCUT2D eigenvalue weighted by atomic mass is 10.1. The predicted molar refractivity (Wildman–Crippen MR) is 86.4 cm³/mol. The number of carbonyl (C=O) groups is 2. The molecule has 1 atom stereocenters. The highest BCUT2D eigenvalue weighted by Gasteiger charge is 2.21. The summed E-state index contributed by atoms with van der Waals surface area (Å²) in [5.41, 5.74) is 0.278. The van der Waals surface area contributed by atoms with Crippen LogP contribution in [0.4, 0.5) is 0 Å². The van der Waals surface area contributed by atoms with Crippen molar-refractivity contribution in [2.75, 3.05) is 27.8 Å². The van der Waals surface area contributed by atoms with Crippen molar-refractivity contribution in [3.63, 3.8) is 0 Å². The van der Waals surface area contributed by atoms with Crippen LogP contribution in [-0.4, -0.2) is 49.6 Å². The molecule has 0 saturated carbocycles. The van der Waals surface area contributed by atoms with Gasteiger partial charge in [-0.25, -0.2) is 4.98 Å². The number of fused-ring (bicyclic) bond motifs is 1. The molecule has 0 bridgehead atoms. The standard InChI is InChI=1S/C17H20N2O4/c1-11(17(21)23-4)10-19(2)16(20)14-9-12-7-5-6-8-13(12)15(18-14)22-3/h5-9,11H,10H2,1-4H3/t11-/m0/s1. The van der Waals surface area contributed by atoms with Gasteiger partial charge in [-0.3, -0.25) is 9.59 Å². The second kappa shape index (κ2) is 7.09. The molecule has 6 nitrogen and oxygen atoms in total. The summed E-state index contributed by atoms with van der Waals surface area (Å²) in [5.74, 6) is -0.629. The molecule has 1 aromatic carbocycles. The smallest absolute Gasteiger partial charge is 0.310 e. The van der Waals surface area contributed by atoms with Gasteiger partial charge >= 0.3 is 5.97 Å². The number of methoxy groups -OCH3 is 2. The summed E-state index contributed by atoms with van der Waals surface area (Å²) in [6.45, 7) is 1.96. The van der Waals surface area contributed by atoms with Gasteiger partial charge in [-0.15, -0.1) is 0 Å². The number of pyridine rings is 1. The molecule has 0 aliphatic heterocycles. The minimum absolute atomic E-state index is 0.252. The Morgan fingerprint density at radius 2 is 1.96 bits per heavy atom. The summed E-state index contributed by atoms with van der Waals surface area (Å²) < 4.78 is 9.96. The van der Waals surface area contributed by atoms with Crippen LogP contribution in [0.3, 0.4) is 0 Å². The zero-order valence-electron chi connectivity index (χ0n) is 13.7. The molecule has 6 heteroatoms. The molecule has 0 N–H and O–H groups in total. The van der Waals surface area contributed by atoms with Crippen molar-refractivity contribution in [1.82, 2.24) is 9.88 Å². The first-order chi connectivity index (χ1) is 11.0. The molecule has 0 saturated heterocycles. The highest BCUT2D eigenvalue weighted by Crippen LogP contribution is 2.24. The second-order valence-corrected chi connectivity index (χ2v) is 5.35. The second-order valence-electron chi connectivity index (χ2n) is 5.35. The van der Waals surface area contributed by atoms with E-state index < -0.39 is 5.92 Å². The molecule has 0 aliphatic rings. The van der Waals surface area contributed by atoms with Gasteiger partial charge in [0.05, 0.1) is 20.1 Å². The number of ether oxygens (including phenoxy) is 2. The first kappa shape index (κ1) is 16.7. The number of esters is 1. The van der Waals surface area contributed by atoms with Crippen molar-refractivity contribution in [2.45, 2.75) is 6.92 Å². The van der Waals surface area contributed by atoms with Gasteiger partial charge in [0.1, 0.15) is 5.69 Å². The van der Waals surface area contributed by atoms with Crippen LogP contribution in [0.25, 0.3) is 10.8 Å². The molecule has 1 heterocycles. The number of hydrogen-bond acceptors (Lipinski definition) is 5. The van der Waals surface area contributed by atoms with Crippen LogP contribution in [0.15, 0.2) is 30.3 Å². The van der Waals surface area contributed by atoms with E-state index in [9.17, 15) is 9.59 Å². The average Bonchev–Trinajstić information content (AvgIpc) is 2.58. The maximum absolute atomic E-state index is 12.6. The zero-order chi connectivity index (χ0) is 17.0. The van der Waals surface area contributed by atoms with E-state index in [0.29, 0.717) is 5.88 Å². The topological polar surface area (TPSA) is 68.7 Å².